The molecule has 0 unspecified atom stereocenters. The third-order valence-electron chi connectivity index (χ3n) is 6.86. The Kier molecular flexibility index (Phi) is 12.6. The minimum Gasteiger partial charge on any atom is -0.494 e. The second-order valence-electron chi connectivity index (χ2n) is 9.89. The second kappa shape index (κ2) is 15.7. The summed E-state index contributed by atoms with van der Waals surface area (Å²) < 4.78 is 34.5. The minimum atomic E-state index is -4.24. The average Bonchev–Trinajstić information content (AvgIpc) is 2.97. The molecule has 0 bridgehead atoms. The van der Waals surface area contributed by atoms with Crippen molar-refractivity contribution in [3.05, 3.63) is 87.4 Å². The van der Waals surface area contributed by atoms with Crippen LogP contribution in [-0.2, 0) is 26.2 Å². The molecule has 0 aliphatic heterocycles. The average molecular weight is 669 g/mol. The fraction of sp³-hybridized carbons (Fsp3) is 0.355. The van der Waals surface area contributed by atoms with Gasteiger partial charge in [-0.3, -0.25) is 13.9 Å². The smallest absolute Gasteiger partial charge is 0.264 e. The summed E-state index contributed by atoms with van der Waals surface area (Å²) in [6, 6.07) is 15.9. The molecule has 3 aromatic carbocycles. The van der Waals surface area contributed by atoms with Crippen molar-refractivity contribution in [1.82, 2.24) is 10.2 Å². The van der Waals surface area contributed by atoms with Crippen LogP contribution in [-0.4, -0.2) is 50.4 Å². The molecule has 0 radical (unpaired) electrons. The lowest BCUT2D eigenvalue weighted by molar-refractivity contribution is -0.140. The zero-order valence-electron chi connectivity index (χ0n) is 24.5. The molecule has 3 aromatic rings. The molecule has 0 fully saturated rings. The van der Waals surface area contributed by atoms with Gasteiger partial charge in [-0.25, -0.2) is 8.42 Å². The number of carbonyl (C=O) groups is 2. The maximum Gasteiger partial charge on any atom is 0.264 e. The van der Waals surface area contributed by atoms with E-state index in [1.54, 1.807) is 49.4 Å². The Morgan fingerprint density at radius 2 is 1.51 bits per heavy atom. The molecule has 8 nitrogen and oxygen atoms in total. The van der Waals surface area contributed by atoms with E-state index in [4.69, 9.17) is 39.5 Å². The summed E-state index contributed by atoms with van der Waals surface area (Å²) in [6.45, 7) is 7.25. The number of carbonyl (C=O) groups excluding carboxylic acids is 2. The van der Waals surface area contributed by atoms with E-state index in [0.29, 0.717) is 39.4 Å². The number of halogens is 3. The van der Waals surface area contributed by atoms with E-state index in [9.17, 15) is 18.0 Å². The van der Waals surface area contributed by atoms with Gasteiger partial charge in [0, 0.05) is 27.7 Å². The lowest BCUT2D eigenvalue weighted by Gasteiger charge is -2.34. The molecule has 2 atom stereocenters. The van der Waals surface area contributed by atoms with E-state index in [1.807, 2.05) is 20.8 Å². The Bertz CT molecular complexity index is 1500. The number of benzene rings is 3. The molecule has 2 amide bonds. The van der Waals surface area contributed by atoms with E-state index in [-0.39, 0.29) is 35.5 Å². The highest BCUT2D eigenvalue weighted by Crippen LogP contribution is 2.28. The van der Waals surface area contributed by atoms with E-state index < -0.39 is 28.5 Å². The molecule has 43 heavy (non-hydrogen) atoms. The monoisotopic (exact) mass is 667 g/mol. The lowest BCUT2D eigenvalue weighted by atomic mass is 10.1. The maximum absolute atomic E-state index is 14.2. The van der Waals surface area contributed by atoms with Crippen LogP contribution in [0.5, 0.6) is 5.75 Å². The standard InChI is InChI=1S/C31H36Cl3N3O5S/c1-5-21(4)35-31(39)29(6-2)36(19-22-8-9-24(33)18-28(22)34)30(38)20-37(25-12-14-26(15-13-25)42-7-3)43(40,41)27-16-10-23(32)11-17-27/h8-18,21,29H,5-7,19-20H2,1-4H3,(H,35,39)/t21-,29-/m1/s1. The second-order valence-corrected chi connectivity index (χ2v) is 13.0. The van der Waals surface area contributed by atoms with E-state index in [1.165, 1.54) is 29.2 Å². The van der Waals surface area contributed by atoms with Crippen molar-refractivity contribution in [3.8, 4) is 5.75 Å². The summed E-state index contributed by atoms with van der Waals surface area (Å²) in [6.07, 6.45) is 0.982. The molecule has 0 spiro atoms. The predicted molar refractivity (Wildman–Crippen MR) is 173 cm³/mol. The first-order valence-electron chi connectivity index (χ1n) is 14.0. The van der Waals surface area contributed by atoms with Crippen LogP contribution < -0.4 is 14.4 Å². The van der Waals surface area contributed by atoms with Gasteiger partial charge in [-0.15, -0.1) is 0 Å². The Morgan fingerprint density at radius 1 is 0.884 bits per heavy atom. The number of hydrogen-bond acceptors (Lipinski definition) is 5. The van der Waals surface area contributed by atoms with Crippen LogP contribution in [0.1, 0.15) is 46.1 Å². The summed E-state index contributed by atoms with van der Waals surface area (Å²) in [5.74, 6) is -0.389. The zero-order valence-corrected chi connectivity index (χ0v) is 27.6. The summed E-state index contributed by atoms with van der Waals surface area (Å²) in [5.41, 5.74) is 0.802. The van der Waals surface area contributed by atoms with Crippen LogP contribution in [0.2, 0.25) is 15.1 Å². The Balaban J connectivity index is 2.08. The van der Waals surface area contributed by atoms with Gasteiger partial charge in [0.1, 0.15) is 18.3 Å². The number of anilines is 1. The number of sulfonamides is 1. The van der Waals surface area contributed by atoms with Crippen LogP contribution in [0, 0.1) is 0 Å². The molecule has 0 aliphatic carbocycles. The summed E-state index contributed by atoms with van der Waals surface area (Å²) in [5, 5.41) is 4.05. The van der Waals surface area contributed by atoms with Crippen LogP contribution in [0.4, 0.5) is 5.69 Å². The molecular formula is C31H36Cl3N3O5S. The van der Waals surface area contributed by atoms with Gasteiger partial charge in [-0.2, -0.15) is 0 Å². The van der Waals surface area contributed by atoms with E-state index >= 15 is 0 Å². The van der Waals surface area contributed by atoms with Crippen molar-refractivity contribution < 1.29 is 22.7 Å². The number of hydrogen-bond donors (Lipinski definition) is 1. The molecule has 1 N–H and O–H groups in total. The third kappa shape index (κ3) is 9.01. The molecule has 0 saturated heterocycles. The summed E-state index contributed by atoms with van der Waals surface area (Å²) >= 11 is 18.6. The Labute approximate surface area is 268 Å². The number of nitrogens with zero attached hydrogens (tertiary/aromatic N) is 2. The molecule has 0 aromatic heterocycles. The van der Waals surface area contributed by atoms with Gasteiger partial charge in [-0.1, -0.05) is 54.7 Å². The highest BCUT2D eigenvalue weighted by atomic mass is 35.5. The van der Waals surface area contributed by atoms with E-state index in [0.717, 1.165) is 4.31 Å². The van der Waals surface area contributed by atoms with Crippen molar-refractivity contribution in [2.45, 2.75) is 64.1 Å². The zero-order chi connectivity index (χ0) is 31.7. The van der Waals surface area contributed by atoms with Gasteiger partial charge in [0.05, 0.1) is 17.2 Å². The van der Waals surface area contributed by atoms with Crippen molar-refractivity contribution in [3.63, 3.8) is 0 Å². The Morgan fingerprint density at radius 3 is 2.07 bits per heavy atom. The SMILES string of the molecule is CCOc1ccc(N(CC(=O)N(Cc2ccc(Cl)cc2Cl)[C@H](CC)C(=O)N[C@H](C)CC)S(=O)(=O)c2ccc(Cl)cc2)cc1. The summed E-state index contributed by atoms with van der Waals surface area (Å²) in [7, 11) is -4.24. The van der Waals surface area contributed by atoms with Gasteiger partial charge in [0.2, 0.25) is 11.8 Å². The van der Waals surface area contributed by atoms with Crippen LogP contribution in [0.15, 0.2) is 71.6 Å². The van der Waals surface area contributed by atoms with Crippen LogP contribution >= 0.6 is 34.8 Å². The maximum atomic E-state index is 14.2. The van der Waals surface area contributed by atoms with Crippen LogP contribution in [0.3, 0.4) is 0 Å². The largest absolute Gasteiger partial charge is 0.494 e. The van der Waals surface area contributed by atoms with Gasteiger partial charge in [-0.05, 0) is 92.9 Å². The minimum absolute atomic E-state index is 0.0423. The quantitative estimate of drug-likeness (QED) is 0.200. The number of nitrogens with one attached hydrogen (secondary N) is 1. The van der Waals surface area contributed by atoms with Crippen molar-refractivity contribution in [2.24, 2.45) is 0 Å². The molecule has 232 valence electrons. The van der Waals surface area contributed by atoms with Crippen molar-refractivity contribution in [2.75, 3.05) is 17.5 Å². The van der Waals surface area contributed by atoms with Gasteiger partial charge < -0.3 is 15.0 Å². The molecule has 3 rings (SSSR count). The van der Waals surface area contributed by atoms with E-state index in [2.05, 4.69) is 5.32 Å². The molecule has 12 heteroatoms. The van der Waals surface area contributed by atoms with Gasteiger partial charge >= 0.3 is 0 Å². The Hall–Kier alpha value is -2.98. The first kappa shape index (κ1) is 34.5. The first-order chi connectivity index (χ1) is 20.4. The lowest BCUT2D eigenvalue weighted by Crippen LogP contribution is -2.53. The fourth-order valence-corrected chi connectivity index (χ4v) is 6.34. The number of ether oxygens (including phenoxy) is 1. The normalized spacial score (nSPS) is 12.7. The fourth-order valence-electron chi connectivity index (χ4n) is 4.33. The summed E-state index contributed by atoms with van der Waals surface area (Å²) in [4.78, 5) is 28.9. The highest BCUT2D eigenvalue weighted by Gasteiger charge is 2.34. The van der Waals surface area contributed by atoms with Crippen molar-refractivity contribution >= 4 is 62.3 Å². The van der Waals surface area contributed by atoms with Gasteiger partial charge in [0.25, 0.3) is 10.0 Å². The van der Waals surface area contributed by atoms with Crippen molar-refractivity contribution in [1.29, 1.82) is 0 Å². The van der Waals surface area contributed by atoms with Crippen LogP contribution in [0.25, 0.3) is 0 Å². The molecule has 0 saturated carbocycles. The third-order valence-corrected chi connectivity index (χ3v) is 9.49. The molecular weight excluding hydrogens is 633 g/mol. The predicted octanol–water partition coefficient (Wildman–Crippen LogP) is 6.96. The highest BCUT2D eigenvalue weighted by molar-refractivity contribution is 7.92. The first-order valence-corrected chi connectivity index (χ1v) is 16.5. The molecule has 0 aliphatic rings. The topological polar surface area (TPSA) is 96.0 Å². The number of rotatable bonds is 14. The molecule has 0 heterocycles. The van der Waals surface area contributed by atoms with Gasteiger partial charge in [0.15, 0.2) is 0 Å². The number of amides is 2.